The summed E-state index contributed by atoms with van der Waals surface area (Å²) in [4.78, 5) is 4.48. The third-order valence-corrected chi connectivity index (χ3v) is 3.47. The molecule has 2 heterocycles. The second-order valence-electron chi connectivity index (χ2n) is 5.09. The topological polar surface area (TPSA) is 68.8 Å². The molecule has 0 saturated heterocycles. The van der Waals surface area contributed by atoms with Gasteiger partial charge in [0.1, 0.15) is 5.69 Å². The molecular weight excluding hydrogens is 254 g/mol. The second kappa shape index (κ2) is 6.65. The molecule has 0 radical (unpaired) electrons. The minimum Gasteiger partial charge on any atom is -0.339 e. The van der Waals surface area contributed by atoms with Gasteiger partial charge in [0.05, 0.1) is 5.92 Å². The van der Waals surface area contributed by atoms with E-state index in [2.05, 4.69) is 41.3 Å². The number of hydrogen-bond acceptors (Lipinski definition) is 5. The molecule has 2 atom stereocenters. The lowest BCUT2D eigenvalue weighted by atomic mass is 9.99. The molecule has 20 heavy (non-hydrogen) atoms. The largest absolute Gasteiger partial charge is 0.339 e. The summed E-state index contributed by atoms with van der Waals surface area (Å²) in [6.07, 6.45) is 4.02. The normalized spacial score (nSPS) is 14.4. The predicted molar refractivity (Wildman–Crippen MR) is 77.3 cm³/mol. The summed E-state index contributed by atoms with van der Waals surface area (Å²) in [6.45, 7) is 7.45. The first kappa shape index (κ1) is 14.7. The van der Waals surface area contributed by atoms with E-state index in [4.69, 9.17) is 4.52 Å². The lowest BCUT2D eigenvalue weighted by Gasteiger charge is -2.20. The van der Waals surface area contributed by atoms with E-state index in [1.165, 1.54) is 0 Å². The van der Waals surface area contributed by atoms with E-state index in [-0.39, 0.29) is 5.92 Å². The van der Waals surface area contributed by atoms with E-state index < -0.39 is 0 Å². The molecule has 1 N–H and O–H groups in total. The van der Waals surface area contributed by atoms with Crippen LogP contribution in [0.5, 0.6) is 0 Å². The molecule has 0 aliphatic carbocycles. The van der Waals surface area contributed by atoms with Gasteiger partial charge in [-0.05, 0) is 25.5 Å². The smallest absolute Gasteiger partial charge is 0.231 e. The SMILES string of the molecule is CCCNC(CC)C(C)c1nc(-c2ccn(C)n2)no1. The Hall–Kier alpha value is -1.69. The van der Waals surface area contributed by atoms with Crippen LogP contribution in [0.2, 0.25) is 0 Å². The number of nitrogens with one attached hydrogen (secondary N) is 1. The first-order valence-electron chi connectivity index (χ1n) is 7.22. The van der Waals surface area contributed by atoms with Crippen LogP contribution in [0.4, 0.5) is 0 Å². The van der Waals surface area contributed by atoms with E-state index in [1.807, 2.05) is 19.3 Å². The Kier molecular flexibility index (Phi) is 4.89. The van der Waals surface area contributed by atoms with Crippen molar-refractivity contribution in [2.24, 2.45) is 7.05 Å². The van der Waals surface area contributed by atoms with Crippen LogP contribution < -0.4 is 5.32 Å². The molecule has 2 rings (SSSR count). The fraction of sp³-hybridized carbons (Fsp3) is 0.643. The first-order chi connectivity index (χ1) is 9.65. The summed E-state index contributed by atoms with van der Waals surface area (Å²) >= 11 is 0. The summed E-state index contributed by atoms with van der Waals surface area (Å²) < 4.78 is 7.13. The second-order valence-corrected chi connectivity index (χ2v) is 5.09. The van der Waals surface area contributed by atoms with Crippen molar-refractivity contribution in [3.63, 3.8) is 0 Å². The van der Waals surface area contributed by atoms with Gasteiger partial charge in [0.2, 0.25) is 11.7 Å². The predicted octanol–water partition coefficient (Wildman–Crippen LogP) is 2.35. The van der Waals surface area contributed by atoms with Crippen molar-refractivity contribution in [3.8, 4) is 11.5 Å². The van der Waals surface area contributed by atoms with Gasteiger partial charge in [-0.15, -0.1) is 0 Å². The van der Waals surface area contributed by atoms with Crippen molar-refractivity contribution < 1.29 is 4.52 Å². The highest BCUT2D eigenvalue weighted by Gasteiger charge is 2.23. The van der Waals surface area contributed by atoms with Gasteiger partial charge in [-0.2, -0.15) is 10.1 Å². The van der Waals surface area contributed by atoms with Gasteiger partial charge >= 0.3 is 0 Å². The van der Waals surface area contributed by atoms with Gasteiger partial charge in [-0.3, -0.25) is 4.68 Å². The molecule has 0 saturated carbocycles. The Morgan fingerprint density at radius 2 is 2.20 bits per heavy atom. The van der Waals surface area contributed by atoms with Crippen LogP contribution in [0.15, 0.2) is 16.8 Å². The molecule has 2 aromatic heterocycles. The van der Waals surface area contributed by atoms with Gasteiger partial charge in [-0.1, -0.05) is 25.9 Å². The number of aryl methyl sites for hydroxylation is 1. The fourth-order valence-electron chi connectivity index (χ4n) is 2.24. The molecule has 6 heteroatoms. The molecule has 0 aromatic carbocycles. The molecule has 6 nitrogen and oxygen atoms in total. The molecule has 0 spiro atoms. The lowest BCUT2D eigenvalue weighted by Crippen LogP contribution is -2.33. The van der Waals surface area contributed by atoms with Crippen LogP contribution in [0.1, 0.15) is 45.4 Å². The van der Waals surface area contributed by atoms with Gasteiger partial charge in [0, 0.05) is 19.3 Å². The van der Waals surface area contributed by atoms with Crippen LogP contribution in [-0.2, 0) is 7.05 Å². The molecular formula is C14H23N5O. The fourth-order valence-corrected chi connectivity index (χ4v) is 2.24. The van der Waals surface area contributed by atoms with E-state index >= 15 is 0 Å². The Morgan fingerprint density at radius 1 is 1.40 bits per heavy atom. The number of rotatable bonds is 7. The molecule has 0 aliphatic rings. The van der Waals surface area contributed by atoms with Crippen molar-refractivity contribution in [1.82, 2.24) is 25.2 Å². The monoisotopic (exact) mass is 277 g/mol. The minimum absolute atomic E-state index is 0.191. The van der Waals surface area contributed by atoms with E-state index in [1.54, 1.807) is 4.68 Å². The highest BCUT2D eigenvalue weighted by molar-refractivity contribution is 5.46. The van der Waals surface area contributed by atoms with Gasteiger partial charge < -0.3 is 9.84 Å². The van der Waals surface area contributed by atoms with Gasteiger partial charge in [-0.25, -0.2) is 0 Å². The van der Waals surface area contributed by atoms with E-state index in [0.29, 0.717) is 17.8 Å². The van der Waals surface area contributed by atoms with Crippen molar-refractivity contribution in [1.29, 1.82) is 0 Å². The van der Waals surface area contributed by atoms with Gasteiger partial charge in [0.25, 0.3) is 0 Å². The Morgan fingerprint density at radius 3 is 2.80 bits per heavy atom. The summed E-state index contributed by atoms with van der Waals surface area (Å²) in [7, 11) is 1.87. The maximum Gasteiger partial charge on any atom is 0.231 e. The Bertz CT molecular complexity index is 533. The van der Waals surface area contributed by atoms with Crippen LogP contribution in [0.3, 0.4) is 0 Å². The third-order valence-electron chi connectivity index (χ3n) is 3.47. The van der Waals surface area contributed by atoms with E-state index in [0.717, 1.165) is 25.1 Å². The Labute approximate surface area is 119 Å². The average Bonchev–Trinajstić information content (AvgIpc) is 3.07. The molecule has 0 amide bonds. The standard InChI is InChI=1S/C14H23N5O/c1-5-8-15-11(6-2)10(3)14-16-13(18-20-14)12-7-9-19(4)17-12/h7,9-11,15H,5-6,8H2,1-4H3. The zero-order valence-corrected chi connectivity index (χ0v) is 12.6. The molecule has 0 fully saturated rings. The van der Waals surface area contributed by atoms with Gasteiger partial charge in [0.15, 0.2) is 0 Å². The number of nitrogens with zero attached hydrogens (tertiary/aromatic N) is 4. The molecule has 0 bridgehead atoms. The summed E-state index contributed by atoms with van der Waals surface area (Å²) in [5.74, 6) is 1.41. The van der Waals surface area contributed by atoms with E-state index in [9.17, 15) is 0 Å². The van der Waals surface area contributed by atoms with Crippen LogP contribution in [0.25, 0.3) is 11.5 Å². The molecule has 110 valence electrons. The van der Waals surface area contributed by atoms with Crippen LogP contribution >= 0.6 is 0 Å². The van der Waals surface area contributed by atoms with Crippen molar-refractivity contribution in [2.45, 2.75) is 45.6 Å². The summed E-state index contributed by atoms with van der Waals surface area (Å²) in [5.41, 5.74) is 0.740. The molecule has 0 aliphatic heterocycles. The first-order valence-corrected chi connectivity index (χ1v) is 7.22. The van der Waals surface area contributed by atoms with Crippen LogP contribution in [0, 0.1) is 0 Å². The molecule has 2 aromatic rings. The number of aromatic nitrogens is 4. The Balaban J connectivity index is 2.10. The summed E-state index contributed by atoms with van der Waals surface area (Å²) in [5, 5.41) is 11.8. The highest BCUT2D eigenvalue weighted by Crippen LogP contribution is 2.22. The zero-order chi connectivity index (χ0) is 14.5. The zero-order valence-electron chi connectivity index (χ0n) is 12.6. The quantitative estimate of drug-likeness (QED) is 0.841. The lowest BCUT2D eigenvalue weighted by molar-refractivity contribution is 0.319. The van der Waals surface area contributed by atoms with Crippen LogP contribution in [-0.4, -0.2) is 32.5 Å². The summed E-state index contributed by atoms with van der Waals surface area (Å²) in [6, 6.07) is 2.23. The third kappa shape index (κ3) is 3.25. The maximum atomic E-state index is 5.40. The molecule has 2 unspecified atom stereocenters. The van der Waals surface area contributed by atoms with Crippen molar-refractivity contribution in [3.05, 3.63) is 18.2 Å². The van der Waals surface area contributed by atoms with Crippen molar-refractivity contribution >= 4 is 0 Å². The number of hydrogen-bond donors (Lipinski definition) is 1. The minimum atomic E-state index is 0.191. The maximum absolute atomic E-state index is 5.40. The highest BCUT2D eigenvalue weighted by atomic mass is 16.5. The van der Waals surface area contributed by atoms with Crippen molar-refractivity contribution in [2.75, 3.05) is 6.54 Å². The average molecular weight is 277 g/mol.